The Balaban J connectivity index is 2.99. The molecule has 0 amide bonds. The molecule has 0 aromatic heterocycles. The smallest absolute Gasteiger partial charge is 0.271 e. The fraction of sp³-hybridized carbons (Fsp3) is 0.250. The lowest BCUT2D eigenvalue weighted by atomic mass is 10.2. The van der Waals surface area contributed by atoms with Crippen LogP contribution in [0.5, 0.6) is 0 Å². The summed E-state index contributed by atoms with van der Waals surface area (Å²) in [7, 11) is -3.18. The summed E-state index contributed by atoms with van der Waals surface area (Å²) in [6.07, 6.45) is 0. The van der Waals surface area contributed by atoms with E-state index in [0.29, 0.717) is 0 Å². The van der Waals surface area contributed by atoms with Crippen LogP contribution >= 0.6 is 0 Å². The van der Waals surface area contributed by atoms with Gasteiger partial charge in [0.05, 0.1) is 7.11 Å². The maximum Gasteiger partial charge on any atom is 0.304 e. The molecular formula is C8H9FO3S. The molecule has 1 rings (SSSR count). The highest BCUT2D eigenvalue weighted by Gasteiger charge is 2.25. The van der Waals surface area contributed by atoms with Crippen molar-refractivity contribution in [3.8, 4) is 0 Å². The number of hydrogen-bond acceptors (Lipinski definition) is 3. The Morgan fingerprint density at radius 1 is 1.31 bits per heavy atom. The minimum Gasteiger partial charge on any atom is -0.271 e. The van der Waals surface area contributed by atoms with E-state index in [0.717, 1.165) is 7.11 Å². The van der Waals surface area contributed by atoms with Gasteiger partial charge in [0.15, 0.2) is 0 Å². The van der Waals surface area contributed by atoms with E-state index in [1.54, 1.807) is 18.2 Å². The molecule has 0 spiro atoms. The molecule has 1 aromatic carbocycles. The predicted octanol–water partition coefficient (Wildman–Crippen LogP) is 1.63. The Kier molecular flexibility index (Phi) is 3.00. The lowest BCUT2D eigenvalue weighted by Gasteiger charge is -2.06. The van der Waals surface area contributed by atoms with Crippen molar-refractivity contribution in [1.82, 2.24) is 0 Å². The third-order valence-corrected chi connectivity index (χ3v) is 2.79. The van der Waals surface area contributed by atoms with Crippen molar-refractivity contribution in [2.24, 2.45) is 0 Å². The van der Waals surface area contributed by atoms with Crippen molar-refractivity contribution < 1.29 is 17.0 Å². The zero-order valence-corrected chi connectivity index (χ0v) is 7.79. The molecule has 0 N–H and O–H groups in total. The molecule has 1 aromatic rings. The first kappa shape index (κ1) is 10.1. The molecule has 0 saturated carbocycles. The maximum absolute atomic E-state index is 13.2. The first-order chi connectivity index (χ1) is 6.08. The molecule has 13 heavy (non-hydrogen) atoms. The van der Waals surface area contributed by atoms with E-state index in [1.807, 2.05) is 0 Å². The highest BCUT2D eigenvalue weighted by Crippen LogP contribution is 2.23. The first-order valence-corrected chi connectivity index (χ1v) is 5.03. The number of hydrogen-bond donors (Lipinski definition) is 0. The Hall–Kier alpha value is -0.940. The monoisotopic (exact) mass is 204 g/mol. The minimum absolute atomic E-state index is 0.0735. The summed E-state index contributed by atoms with van der Waals surface area (Å²) in [6, 6.07) is 7.58. The van der Waals surface area contributed by atoms with Gasteiger partial charge < -0.3 is 0 Å². The standard InChI is InChI=1S/C8H9FO3S/c1-12-13(10,11)8(9)7-5-3-2-4-6-7/h2-6,8H,1H3. The summed E-state index contributed by atoms with van der Waals surface area (Å²) in [6.45, 7) is 0. The van der Waals surface area contributed by atoms with E-state index >= 15 is 0 Å². The molecule has 0 fully saturated rings. The van der Waals surface area contributed by atoms with Crippen LogP contribution in [0.3, 0.4) is 0 Å². The van der Waals surface area contributed by atoms with Crippen LogP contribution in [0.2, 0.25) is 0 Å². The van der Waals surface area contributed by atoms with Gasteiger partial charge in [-0.2, -0.15) is 8.42 Å². The second kappa shape index (κ2) is 3.85. The van der Waals surface area contributed by atoms with E-state index < -0.39 is 15.6 Å². The predicted molar refractivity (Wildman–Crippen MR) is 46.2 cm³/mol. The zero-order valence-electron chi connectivity index (χ0n) is 6.98. The summed E-state index contributed by atoms with van der Waals surface area (Å²) in [5.74, 6) is 0. The second-order valence-corrected chi connectivity index (χ2v) is 4.12. The molecule has 0 radical (unpaired) electrons. The van der Waals surface area contributed by atoms with Gasteiger partial charge in [0.2, 0.25) is 0 Å². The molecule has 0 bridgehead atoms. The molecule has 3 nitrogen and oxygen atoms in total. The molecule has 0 saturated heterocycles. The van der Waals surface area contributed by atoms with E-state index in [9.17, 15) is 12.8 Å². The van der Waals surface area contributed by atoms with Crippen LogP contribution < -0.4 is 0 Å². The Bertz CT molecular complexity index is 360. The van der Waals surface area contributed by atoms with Crippen LogP contribution in [-0.4, -0.2) is 15.5 Å². The van der Waals surface area contributed by atoms with E-state index in [-0.39, 0.29) is 5.56 Å². The van der Waals surface area contributed by atoms with E-state index in [1.165, 1.54) is 12.1 Å². The fourth-order valence-corrected chi connectivity index (χ4v) is 1.51. The van der Waals surface area contributed by atoms with Crippen molar-refractivity contribution in [1.29, 1.82) is 0 Å². The summed E-state index contributed by atoms with van der Waals surface area (Å²) >= 11 is 0. The molecular weight excluding hydrogens is 195 g/mol. The number of alkyl halides is 1. The highest BCUT2D eigenvalue weighted by atomic mass is 32.2. The van der Waals surface area contributed by atoms with Crippen LogP contribution in [0.1, 0.15) is 11.1 Å². The molecule has 72 valence electrons. The SMILES string of the molecule is COS(=O)(=O)C(F)c1ccccc1. The third kappa shape index (κ3) is 2.26. The van der Waals surface area contributed by atoms with Crippen LogP contribution in [-0.2, 0) is 14.3 Å². The lowest BCUT2D eigenvalue weighted by molar-refractivity contribution is 0.339. The van der Waals surface area contributed by atoms with Crippen molar-refractivity contribution >= 4 is 10.1 Å². The molecule has 0 aliphatic rings. The fourth-order valence-electron chi connectivity index (χ4n) is 0.855. The quantitative estimate of drug-likeness (QED) is 0.703. The second-order valence-electron chi connectivity index (χ2n) is 2.39. The van der Waals surface area contributed by atoms with Crippen LogP contribution in [0.4, 0.5) is 4.39 Å². The van der Waals surface area contributed by atoms with Gasteiger partial charge in [0.1, 0.15) is 0 Å². The number of halogens is 1. The molecule has 5 heteroatoms. The molecule has 0 aliphatic carbocycles. The van der Waals surface area contributed by atoms with Gasteiger partial charge in [-0.15, -0.1) is 0 Å². The van der Waals surface area contributed by atoms with Crippen LogP contribution in [0.25, 0.3) is 0 Å². The topological polar surface area (TPSA) is 43.4 Å². The Morgan fingerprint density at radius 3 is 2.31 bits per heavy atom. The summed E-state index contributed by atoms with van der Waals surface area (Å²) < 4.78 is 39.1. The van der Waals surface area contributed by atoms with Crippen molar-refractivity contribution in [2.75, 3.05) is 7.11 Å². The average Bonchev–Trinajstić information content (AvgIpc) is 2.18. The average molecular weight is 204 g/mol. The van der Waals surface area contributed by atoms with Gasteiger partial charge in [-0.25, -0.2) is 4.39 Å². The minimum atomic E-state index is -4.12. The molecule has 0 aliphatic heterocycles. The van der Waals surface area contributed by atoms with Crippen molar-refractivity contribution in [2.45, 2.75) is 5.50 Å². The summed E-state index contributed by atoms with van der Waals surface area (Å²) in [4.78, 5) is 0. The Labute approximate surface area is 76.3 Å². The molecule has 1 atom stereocenters. The number of benzene rings is 1. The Morgan fingerprint density at radius 2 is 1.85 bits per heavy atom. The first-order valence-electron chi connectivity index (χ1n) is 3.56. The largest absolute Gasteiger partial charge is 0.304 e. The normalized spacial score (nSPS) is 14.0. The van der Waals surface area contributed by atoms with Crippen molar-refractivity contribution in [3.05, 3.63) is 35.9 Å². The molecule has 1 unspecified atom stereocenters. The summed E-state index contributed by atoms with van der Waals surface area (Å²) in [5, 5.41) is 0. The van der Waals surface area contributed by atoms with Crippen LogP contribution in [0, 0.1) is 0 Å². The van der Waals surface area contributed by atoms with E-state index in [2.05, 4.69) is 4.18 Å². The van der Waals surface area contributed by atoms with Crippen molar-refractivity contribution in [3.63, 3.8) is 0 Å². The van der Waals surface area contributed by atoms with Gasteiger partial charge in [-0.1, -0.05) is 30.3 Å². The van der Waals surface area contributed by atoms with E-state index in [4.69, 9.17) is 0 Å². The number of rotatable bonds is 3. The van der Waals surface area contributed by atoms with Gasteiger partial charge in [0.25, 0.3) is 5.50 Å². The third-order valence-electron chi connectivity index (χ3n) is 1.55. The summed E-state index contributed by atoms with van der Waals surface area (Å²) in [5.41, 5.74) is -2.04. The van der Waals surface area contributed by atoms with Gasteiger partial charge in [-0.3, -0.25) is 4.18 Å². The van der Waals surface area contributed by atoms with Crippen LogP contribution in [0.15, 0.2) is 30.3 Å². The van der Waals surface area contributed by atoms with Gasteiger partial charge in [-0.05, 0) is 0 Å². The highest BCUT2D eigenvalue weighted by molar-refractivity contribution is 7.86. The van der Waals surface area contributed by atoms with Gasteiger partial charge in [0, 0.05) is 5.56 Å². The maximum atomic E-state index is 13.2. The molecule has 0 heterocycles. The van der Waals surface area contributed by atoms with Gasteiger partial charge >= 0.3 is 10.1 Å². The zero-order chi connectivity index (χ0) is 9.90. The lowest BCUT2D eigenvalue weighted by Crippen LogP contribution is -2.10.